The summed E-state index contributed by atoms with van der Waals surface area (Å²) < 4.78 is 2.06. The number of rotatable bonds is 4. The quantitative estimate of drug-likeness (QED) is 0.569. The molecule has 13 heavy (non-hydrogen) atoms. The third-order valence-corrected chi connectivity index (χ3v) is 21.2. The third kappa shape index (κ3) is 3.89. The highest BCUT2D eigenvalue weighted by molar-refractivity contribution is 7.85. The lowest BCUT2D eigenvalue weighted by molar-refractivity contribution is 0.311. The van der Waals surface area contributed by atoms with Crippen LogP contribution < -0.4 is 0 Å². The first-order valence-electron chi connectivity index (χ1n) is 4.15. The molecule has 0 aromatic rings. The van der Waals surface area contributed by atoms with Crippen LogP contribution in [0.2, 0.25) is 0 Å². The Kier molecular flexibility index (Phi) is 6.25. The number of hydrogen-bond acceptors (Lipinski definition) is 1. The molecule has 0 aromatic heterocycles. The van der Waals surface area contributed by atoms with Crippen molar-refractivity contribution in [1.82, 2.24) is 4.57 Å². The van der Waals surface area contributed by atoms with Gasteiger partial charge in [0.1, 0.15) is 0 Å². The standard InChI is InChI=1S/C6H15Cl4NSi2/c1-5(2)11(6(3)4)13(9,10)12(7)8/h5-6,12H,1-4H3. The van der Waals surface area contributed by atoms with Crippen LogP contribution in [0.3, 0.4) is 0 Å². The summed E-state index contributed by atoms with van der Waals surface area (Å²) in [5.74, 6) is 0. The van der Waals surface area contributed by atoms with Crippen molar-refractivity contribution in [3.8, 4) is 0 Å². The average Bonchev–Trinajstić information content (AvgIpc) is 1.82. The van der Waals surface area contributed by atoms with Crippen molar-refractivity contribution < 1.29 is 0 Å². The molecule has 0 aliphatic carbocycles. The topological polar surface area (TPSA) is 3.24 Å². The number of nitrogens with zero attached hydrogens (tertiary/aromatic N) is 1. The largest absolute Gasteiger partial charge is 0.339 e. The van der Waals surface area contributed by atoms with Gasteiger partial charge in [-0.05, 0) is 12.1 Å². The summed E-state index contributed by atoms with van der Waals surface area (Å²) in [5.41, 5.74) is 0. The second-order valence-corrected chi connectivity index (χ2v) is 21.7. The molecule has 0 aromatic carbocycles. The van der Waals surface area contributed by atoms with Crippen LogP contribution in [0.1, 0.15) is 27.7 Å². The molecular formula is C6H15Cl4NSi2. The summed E-state index contributed by atoms with van der Waals surface area (Å²) in [6.45, 7) is 6.20. The van der Waals surface area contributed by atoms with Crippen molar-refractivity contribution in [2.24, 2.45) is 0 Å². The van der Waals surface area contributed by atoms with E-state index in [-0.39, 0.29) is 12.1 Å². The smallest absolute Gasteiger partial charge is 0.296 e. The highest BCUT2D eigenvalue weighted by Gasteiger charge is 2.47. The van der Waals surface area contributed by atoms with E-state index in [1.54, 1.807) is 0 Å². The van der Waals surface area contributed by atoms with Gasteiger partial charge in [-0.3, -0.25) is 4.57 Å². The van der Waals surface area contributed by atoms with E-state index in [4.69, 9.17) is 44.3 Å². The monoisotopic (exact) mass is 297 g/mol. The molecule has 0 unspecified atom stereocenters. The van der Waals surface area contributed by atoms with Crippen molar-refractivity contribution in [2.45, 2.75) is 39.8 Å². The van der Waals surface area contributed by atoms with Crippen LogP contribution in [0.5, 0.6) is 0 Å². The number of hydrogen-bond donors (Lipinski definition) is 0. The Morgan fingerprint density at radius 3 is 1.38 bits per heavy atom. The van der Waals surface area contributed by atoms with Gasteiger partial charge in [-0.15, -0.1) is 44.3 Å². The lowest BCUT2D eigenvalue weighted by atomic mass is 10.3. The van der Waals surface area contributed by atoms with E-state index in [0.29, 0.717) is 0 Å². The Bertz CT molecular complexity index is 155. The minimum absolute atomic E-state index is 0.286. The van der Waals surface area contributed by atoms with E-state index in [9.17, 15) is 0 Å². The van der Waals surface area contributed by atoms with Crippen molar-refractivity contribution in [3.05, 3.63) is 0 Å². The zero-order valence-corrected chi connectivity index (χ0v) is 13.4. The molecule has 0 rings (SSSR count). The van der Waals surface area contributed by atoms with Gasteiger partial charge in [-0.25, -0.2) is 0 Å². The van der Waals surface area contributed by atoms with Crippen LogP contribution in [0.15, 0.2) is 0 Å². The van der Waals surface area contributed by atoms with Crippen molar-refractivity contribution in [1.29, 1.82) is 0 Å². The van der Waals surface area contributed by atoms with Gasteiger partial charge < -0.3 is 0 Å². The van der Waals surface area contributed by atoms with Gasteiger partial charge in [0.05, 0.1) is 0 Å². The fraction of sp³-hybridized carbons (Fsp3) is 1.00. The van der Waals surface area contributed by atoms with Crippen LogP contribution in [-0.2, 0) is 0 Å². The molecule has 0 spiro atoms. The molecule has 0 N–H and O–H groups in total. The molecule has 0 aliphatic rings. The van der Waals surface area contributed by atoms with Crippen molar-refractivity contribution in [2.75, 3.05) is 0 Å². The fourth-order valence-electron chi connectivity index (χ4n) is 1.40. The van der Waals surface area contributed by atoms with E-state index in [2.05, 4.69) is 32.3 Å². The van der Waals surface area contributed by atoms with E-state index < -0.39 is 13.3 Å². The third-order valence-electron chi connectivity index (χ3n) is 1.72. The summed E-state index contributed by atoms with van der Waals surface area (Å²) in [4.78, 5) is 0. The molecule has 0 radical (unpaired) electrons. The highest BCUT2D eigenvalue weighted by atomic mass is 35.8. The molecule has 0 saturated carbocycles. The van der Waals surface area contributed by atoms with Crippen LogP contribution in [0.4, 0.5) is 0 Å². The Balaban J connectivity index is 4.73. The molecule has 7 heteroatoms. The first-order valence-corrected chi connectivity index (χ1v) is 13.4. The molecule has 0 amide bonds. The maximum Gasteiger partial charge on any atom is 0.339 e. The minimum Gasteiger partial charge on any atom is -0.296 e. The van der Waals surface area contributed by atoms with Gasteiger partial charge in [-0.2, -0.15) is 0 Å². The molecular weight excluding hydrogens is 284 g/mol. The molecule has 0 bridgehead atoms. The summed E-state index contributed by atoms with van der Waals surface area (Å²) in [7, 11) is 0. The van der Waals surface area contributed by atoms with Gasteiger partial charge in [-0.1, -0.05) is 27.7 Å². The summed E-state index contributed by atoms with van der Waals surface area (Å²) in [6, 6.07) is 0.573. The Hall–Kier alpha value is 1.55. The van der Waals surface area contributed by atoms with Gasteiger partial charge in [0.25, 0.3) is 6.93 Å². The highest BCUT2D eigenvalue weighted by Crippen LogP contribution is 2.31. The van der Waals surface area contributed by atoms with Crippen LogP contribution >= 0.6 is 44.3 Å². The maximum absolute atomic E-state index is 6.26. The Morgan fingerprint density at radius 2 is 1.31 bits per heavy atom. The van der Waals surface area contributed by atoms with E-state index in [0.717, 1.165) is 0 Å². The molecule has 0 atom stereocenters. The van der Waals surface area contributed by atoms with Crippen LogP contribution in [0, 0.1) is 0 Å². The number of halogens is 4. The fourth-order valence-corrected chi connectivity index (χ4v) is 9.84. The molecule has 0 saturated heterocycles. The second-order valence-electron chi connectivity index (χ2n) is 3.48. The van der Waals surface area contributed by atoms with E-state index in [1.165, 1.54) is 0 Å². The SMILES string of the molecule is CC(C)N(C(C)C)[Si](Cl)(Cl)[SiH](Cl)Cl. The average molecular weight is 299 g/mol. The maximum atomic E-state index is 6.26. The first-order chi connectivity index (χ1) is 5.71. The lowest BCUT2D eigenvalue weighted by Gasteiger charge is -2.39. The summed E-state index contributed by atoms with van der Waals surface area (Å²) in [5, 5.41) is 0. The second kappa shape index (κ2) is 5.59. The zero-order chi connectivity index (χ0) is 10.8. The minimum atomic E-state index is -2.59. The van der Waals surface area contributed by atoms with E-state index in [1.807, 2.05) is 0 Å². The molecule has 80 valence electrons. The Labute approximate surface area is 102 Å². The zero-order valence-electron chi connectivity index (χ0n) is 8.19. The van der Waals surface area contributed by atoms with Gasteiger partial charge in [0.15, 0.2) is 0 Å². The predicted molar refractivity (Wildman–Crippen MR) is 68.4 cm³/mol. The van der Waals surface area contributed by atoms with Gasteiger partial charge in [0, 0.05) is 0 Å². The van der Waals surface area contributed by atoms with Crippen molar-refractivity contribution >= 4 is 57.6 Å². The van der Waals surface area contributed by atoms with Crippen LogP contribution in [-0.4, -0.2) is 30.0 Å². The normalized spacial score (nSPS) is 13.8. The summed E-state index contributed by atoms with van der Waals surface area (Å²) in [6.07, 6.45) is -2.59. The first kappa shape index (κ1) is 14.6. The Morgan fingerprint density at radius 1 is 1.00 bits per heavy atom. The predicted octanol–water partition coefficient (Wildman–Crippen LogP) is 3.30. The molecule has 0 heterocycles. The van der Waals surface area contributed by atoms with Crippen LogP contribution in [0.25, 0.3) is 0 Å². The lowest BCUT2D eigenvalue weighted by Crippen LogP contribution is -2.58. The van der Waals surface area contributed by atoms with Gasteiger partial charge in [0.2, 0.25) is 0 Å². The summed E-state index contributed by atoms with van der Waals surface area (Å²) >= 11 is 24.3. The molecule has 1 nitrogen and oxygen atoms in total. The molecule has 0 aliphatic heterocycles. The van der Waals surface area contributed by atoms with E-state index >= 15 is 0 Å². The molecule has 0 fully saturated rings. The van der Waals surface area contributed by atoms with Gasteiger partial charge >= 0.3 is 6.37 Å². The van der Waals surface area contributed by atoms with Crippen molar-refractivity contribution in [3.63, 3.8) is 0 Å².